The molecule has 5 rings (SSSR count). The molecule has 0 spiro atoms. The first-order chi connectivity index (χ1) is 18.5. The van der Waals surface area contributed by atoms with Crippen molar-refractivity contribution in [3.8, 4) is 0 Å². The van der Waals surface area contributed by atoms with E-state index in [1.807, 2.05) is 0 Å². The van der Waals surface area contributed by atoms with Crippen molar-refractivity contribution in [2.45, 2.75) is 0 Å². The molecule has 0 atom stereocenters. The van der Waals surface area contributed by atoms with Crippen LogP contribution in [0.2, 0.25) is 0 Å². The summed E-state index contributed by atoms with van der Waals surface area (Å²) in [6.45, 7) is 0. The molecule has 37 heteroatoms. The van der Waals surface area contributed by atoms with Crippen molar-refractivity contribution < 1.29 is 80.3 Å². The largest absolute Gasteiger partial charge is 2.00 e. The zero-order valence-electron chi connectivity index (χ0n) is 19.7. The van der Waals surface area contributed by atoms with Crippen LogP contribution >= 0.6 is 0 Å². The second-order valence-electron chi connectivity index (χ2n) is 4.54. The smallest absolute Gasteiger partial charge is 0.457 e. The monoisotopic (exact) mass is 698 g/mol. The molecule has 5 aromatic rings. The molecule has 34 nitrogen and oxygen atoms in total. The maximum atomic E-state index is 8.49. The molecule has 0 radical (unpaired) electrons. The molecule has 0 fully saturated rings. The van der Waals surface area contributed by atoms with Gasteiger partial charge in [0.1, 0.15) is 0 Å². The predicted octanol–water partition coefficient (Wildman–Crippen LogP) is -18.5. The summed E-state index contributed by atoms with van der Waals surface area (Å²) >= 11 is 0. The molecule has 0 saturated carbocycles. The van der Waals surface area contributed by atoms with Crippen LogP contribution in [0.4, 0.5) is 0 Å². The van der Waals surface area contributed by atoms with Crippen LogP contribution in [0.15, 0.2) is 31.6 Å². The van der Waals surface area contributed by atoms with Crippen molar-refractivity contribution >= 4 is 0 Å². The molecule has 0 aliphatic heterocycles. The zero-order chi connectivity index (χ0) is 31.0. The number of nitrogens with zero attached hydrogens (tertiary/aromatic N) is 20. The van der Waals surface area contributed by atoms with Crippen molar-refractivity contribution in [3.05, 3.63) is 31.6 Å². The Balaban J connectivity index is -0.000000199. The third-order valence-corrected chi connectivity index (χ3v) is 1.82. The predicted molar refractivity (Wildman–Crippen MR) is 94.7 cm³/mol. The quantitative estimate of drug-likeness (QED) is 0.0569. The summed E-state index contributed by atoms with van der Waals surface area (Å²) < 4.78 is 67.9. The summed E-state index contributed by atoms with van der Waals surface area (Å²) in [5.41, 5.74) is 0. The first kappa shape index (κ1) is 44.1. The van der Waals surface area contributed by atoms with E-state index in [2.05, 4.69) is 77.1 Å². The minimum atomic E-state index is -4.94. The Kier molecular flexibility index (Phi) is 26.3. The van der Waals surface area contributed by atoms with Gasteiger partial charge < -0.3 is 34.7 Å². The molecule has 0 saturated heterocycles. The second kappa shape index (κ2) is 25.1. The minimum absolute atomic E-state index is 0. The first-order valence-corrected chi connectivity index (χ1v) is 10.6. The van der Waals surface area contributed by atoms with Crippen LogP contribution in [-0.4, -0.2) is 102 Å². The van der Waals surface area contributed by atoms with E-state index in [0.29, 0.717) is 0 Å². The molecule has 0 aliphatic carbocycles. The van der Waals surface area contributed by atoms with E-state index in [1.165, 1.54) is 31.6 Å². The average Bonchev–Trinajstić information content (AvgIpc) is 3.60. The normalized spacial score (nSPS) is 9.05. The third-order valence-electron chi connectivity index (χ3n) is 1.82. The van der Waals surface area contributed by atoms with Gasteiger partial charge in [-0.3, -0.25) is 0 Å². The Morgan fingerprint density at radius 2 is 0.500 bits per heavy atom. The van der Waals surface area contributed by atoms with E-state index < -0.39 is 20.5 Å². The van der Waals surface area contributed by atoms with Gasteiger partial charge in [-0.25, -0.2) is 37.3 Å². The summed E-state index contributed by atoms with van der Waals surface area (Å²) in [6.07, 6.45) is 6.32. The molecule has 0 unspecified atom stereocenters. The van der Waals surface area contributed by atoms with Crippen molar-refractivity contribution in [2.75, 3.05) is 29.2 Å². The molecule has 5 heterocycles. The van der Waals surface area contributed by atoms with Gasteiger partial charge in [-0.15, -0.1) is 71.5 Å². The second-order valence-corrected chi connectivity index (χ2v) is 6.05. The molecule has 0 amide bonds. The average molecular weight is 699 g/mol. The number of hydrogen-bond donors (Lipinski definition) is 5. The topological polar surface area (TPSA) is 566 Å². The van der Waals surface area contributed by atoms with Gasteiger partial charge in [-0.05, 0) is 26.1 Å². The summed E-state index contributed by atoms with van der Waals surface area (Å²) in [4.78, 5) is 4.44. The number of aromatic nitrogens is 20. The van der Waals surface area contributed by atoms with E-state index >= 15 is 0 Å². The van der Waals surface area contributed by atoms with Crippen LogP contribution in [0, 0.1) is 20.5 Å². The van der Waals surface area contributed by atoms with Crippen LogP contribution in [0.1, 0.15) is 0 Å². The Morgan fingerprint density at radius 1 is 0.381 bits per heavy atom. The van der Waals surface area contributed by atoms with Gasteiger partial charge >= 0.3 is 17.1 Å². The summed E-state index contributed by atoms with van der Waals surface area (Å²) in [5.74, 6) is 24.5. The van der Waals surface area contributed by atoms with E-state index in [9.17, 15) is 0 Å². The number of nitrogens with two attached hydrogens (primary N) is 5. The summed E-state index contributed by atoms with van der Waals surface area (Å²) in [7, 11) is -9.89. The third kappa shape index (κ3) is 45.0. The molecule has 0 aromatic carbocycles. The van der Waals surface area contributed by atoms with E-state index in [0.717, 1.165) is 24.5 Å². The van der Waals surface area contributed by atoms with E-state index in [4.69, 9.17) is 66.5 Å². The number of rotatable bonds is 0. The van der Waals surface area contributed by atoms with Crippen LogP contribution in [-0.2, 0) is 22.5 Å². The molecule has 13 N–H and O–H groups in total. The van der Waals surface area contributed by atoms with Crippen molar-refractivity contribution in [3.63, 3.8) is 0 Å². The van der Waals surface area contributed by atoms with Crippen molar-refractivity contribution in [1.82, 2.24) is 102 Å². The van der Waals surface area contributed by atoms with Gasteiger partial charge in [-0.1, -0.05) is 24.5 Å². The maximum Gasteiger partial charge on any atom is 2.00 e. The maximum absolute atomic E-state index is 8.49. The fourth-order valence-electron chi connectivity index (χ4n) is 0.875. The fraction of sp³-hybridized carbons (Fsp3) is 0. The fourth-order valence-corrected chi connectivity index (χ4v) is 0.875. The van der Waals surface area contributed by atoms with E-state index in [-0.39, 0.29) is 22.5 Å². The summed E-state index contributed by atoms with van der Waals surface area (Å²) in [5, 5.41) is 49.7. The molecule has 0 bridgehead atoms. The zero-order valence-corrected chi connectivity index (χ0v) is 22.3. The van der Waals surface area contributed by atoms with Gasteiger partial charge in [0.25, 0.3) is 0 Å². The van der Waals surface area contributed by atoms with Gasteiger partial charge in [0.05, 0.1) is 0 Å². The van der Waals surface area contributed by atoms with Gasteiger partial charge in [-0.2, -0.15) is 0 Å². The van der Waals surface area contributed by atoms with Crippen molar-refractivity contribution in [2.24, 2.45) is 0 Å². The van der Waals surface area contributed by atoms with Gasteiger partial charge in [0.15, 0.2) is 31.6 Å². The Bertz CT molecular complexity index is 919. The molecule has 5 aromatic heterocycles. The minimum Gasteiger partial charge on any atom is -0.457 e. The van der Waals surface area contributed by atoms with E-state index in [1.54, 1.807) is 0 Å². The van der Waals surface area contributed by atoms with Crippen LogP contribution in [0.5, 0.6) is 0 Å². The number of halogens is 2. The van der Waals surface area contributed by atoms with Crippen LogP contribution < -0.4 is 66.5 Å². The SMILES string of the molecule is Nn1ncnn1.Nn1ncnn1.Nn1ncnn1.Nn1ncnn1.Nn1ncnn1.[Fe+2].[O-][Cl+3]([O-])([O-])[O-].[O-][Cl+3]([O-])([O-])[O-].[OH3+]. The number of tetrazole rings is 5. The number of hydrogen-bond acceptors (Lipinski definition) is 28. The summed E-state index contributed by atoms with van der Waals surface area (Å²) in [6, 6.07) is 0. The van der Waals surface area contributed by atoms with Crippen LogP contribution in [0.25, 0.3) is 0 Å². The van der Waals surface area contributed by atoms with Crippen molar-refractivity contribution in [1.29, 1.82) is 0 Å². The number of nitrogen functional groups attached to an aromatic ring is 5. The molecule has 0 aliphatic rings. The standard InChI is InChI=1S/5CH3N5.2ClHO4.Fe.H2O/c5*2-6-4-1-3-5-6;2*2-1(3,4)5;;/h5*1H,2H2;2*(H,2,3,4,5);;1H2/q;;;;;;;+2;/p-1. The molecular weight excluding hydrogens is 681 g/mol. The first-order valence-electron chi connectivity index (χ1n) is 8.11. The molecule has 238 valence electrons. The Labute approximate surface area is 243 Å². The van der Waals surface area contributed by atoms with Gasteiger partial charge in [0.2, 0.25) is 0 Å². The van der Waals surface area contributed by atoms with Crippen LogP contribution in [0.3, 0.4) is 0 Å². The Morgan fingerprint density at radius 3 is 0.524 bits per heavy atom. The molecule has 42 heavy (non-hydrogen) atoms. The Hall–Kier alpha value is -4.91. The van der Waals surface area contributed by atoms with Gasteiger partial charge in [0, 0.05) is 0 Å². The molecular formula is C5H18Cl2FeN25O9+.